The number of likely N-dealkylation sites (N-methyl/N-ethyl adjacent to an activating group) is 1. The smallest absolute Gasteiger partial charge is 0.241 e. The van der Waals surface area contributed by atoms with Crippen LogP contribution in [0.5, 0.6) is 5.75 Å². The molecular formula is C20H31N3O2. The SMILES string of the molecule is COc1ccc2c(c1)C(C)CC(C)(C)N2C(=O)CN1CCN(C)CC1. The lowest BCUT2D eigenvalue weighted by Crippen LogP contribution is -2.56. The molecule has 1 aromatic carbocycles. The molecule has 0 spiro atoms. The summed E-state index contributed by atoms with van der Waals surface area (Å²) in [6.07, 6.45) is 0.960. The Hall–Kier alpha value is -1.59. The molecule has 1 unspecified atom stereocenters. The van der Waals surface area contributed by atoms with Gasteiger partial charge in [-0.2, -0.15) is 0 Å². The fourth-order valence-electron chi connectivity index (χ4n) is 4.27. The lowest BCUT2D eigenvalue weighted by molar-refractivity contribution is -0.121. The molecule has 2 aliphatic rings. The van der Waals surface area contributed by atoms with E-state index in [0.29, 0.717) is 12.5 Å². The second-order valence-electron chi connectivity index (χ2n) is 8.15. The topological polar surface area (TPSA) is 36.0 Å². The Morgan fingerprint density at radius 1 is 1.24 bits per heavy atom. The molecule has 0 N–H and O–H groups in total. The second-order valence-corrected chi connectivity index (χ2v) is 8.15. The molecule has 0 radical (unpaired) electrons. The normalized spacial score (nSPS) is 24.0. The molecule has 0 aliphatic carbocycles. The standard InChI is InChI=1S/C20H31N3O2/c1-15-13-20(2,3)23(18-7-6-16(25-5)12-17(15)18)19(24)14-22-10-8-21(4)9-11-22/h6-7,12,15H,8-11,13-14H2,1-5H3. The molecule has 1 aromatic rings. The molecule has 5 nitrogen and oxygen atoms in total. The highest BCUT2D eigenvalue weighted by Crippen LogP contribution is 2.44. The molecule has 138 valence electrons. The Labute approximate surface area is 151 Å². The average Bonchev–Trinajstić information content (AvgIpc) is 2.56. The Morgan fingerprint density at radius 3 is 2.56 bits per heavy atom. The van der Waals surface area contributed by atoms with Gasteiger partial charge in [-0.25, -0.2) is 0 Å². The minimum Gasteiger partial charge on any atom is -0.497 e. The monoisotopic (exact) mass is 345 g/mol. The summed E-state index contributed by atoms with van der Waals surface area (Å²) < 4.78 is 5.39. The average molecular weight is 345 g/mol. The van der Waals surface area contributed by atoms with Gasteiger partial charge in [0.15, 0.2) is 0 Å². The maximum Gasteiger partial charge on any atom is 0.241 e. The van der Waals surface area contributed by atoms with Crippen LogP contribution >= 0.6 is 0 Å². The van der Waals surface area contributed by atoms with Gasteiger partial charge in [-0.15, -0.1) is 0 Å². The number of ether oxygens (including phenoxy) is 1. The van der Waals surface area contributed by atoms with Gasteiger partial charge in [-0.1, -0.05) is 6.92 Å². The van der Waals surface area contributed by atoms with Crippen molar-refractivity contribution in [1.82, 2.24) is 9.80 Å². The zero-order chi connectivity index (χ0) is 18.2. The van der Waals surface area contributed by atoms with Gasteiger partial charge in [-0.05, 0) is 57.0 Å². The largest absolute Gasteiger partial charge is 0.497 e. The van der Waals surface area contributed by atoms with Gasteiger partial charge in [0, 0.05) is 37.4 Å². The molecule has 1 amide bonds. The first-order chi connectivity index (χ1) is 11.8. The van der Waals surface area contributed by atoms with Gasteiger partial charge < -0.3 is 14.5 Å². The maximum absolute atomic E-state index is 13.2. The van der Waals surface area contributed by atoms with Crippen LogP contribution < -0.4 is 9.64 Å². The van der Waals surface area contributed by atoms with Gasteiger partial charge >= 0.3 is 0 Å². The summed E-state index contributed by atoms with van der Waals surface area (Å²) in [7, 11) is 3.83. The van der Waals surface area contributed by atoms with Crippen LogP contribution in [0.1, 0.15) is 38.7 Å². The Kier molecular flexibility index (Phi) is 5.07. The van der Waals surface area contributed by atoms with Crippen LogP contribution in [0.4, 0.5) is 5.69 Å². The highest BCUT2D eigenvalue weighted by atomic mass is 16.5. The van der Waals surface area contributed by atoms with Crippen LogP contribution in [0.2, 0.25) is 0 Å². The summed E-state index contributed by atoms with van der Waals surface area (Å²) in [4.78, 5) is 19.8. The first-order valence-corrected chi connectivity index (χ1v) is 9.24. The van der Waals surface area contributed by atoms with E-state index in [-0.39, 0.29) is 11.4 Å². The predicted molar refractivity (Wildman–Crippen MR) is 102 cm³/mol. The summed E-state index contributed by atoms with van der Waals surface area (Å²) >= 11 is 0. The number of benzene rings is 1. The summed E-state index contributed by atoms with van der Waals surface area (Å²) in [6.45, 7) is 11.1. The van der Waals surface area contributed by atoms with E-state index in [0.717, 1.165) is 44.0 Å². The molecule has 1 atom stereocenters. The van der Waals surface area contributed by atoms with E-state index in [1.165, 1.54) is 5.56 Å². The van der Waals surface area contributed by atoms with Gasteiger partial charge in [0.2, 0.25) is 5.91 Å². The van der Waals surface area contributed by atoms with Gasteiger partial charge in [0.25, 0.3) is 0 Å². The Bertz CT molecular complexity index is 636. The van der Waals surface area contributed by atoms with Gasteiger partial charge in [0.1, 0.15) is 5.75 Å². The van der Waals surface area contributed by atoms with Crippen molar-refractivity contribution in [3.05, 3.63) is 23.8 Å². The van der Waals surface area contributed by atoms with E-state index in [1.807, 2.05) is 17.0 Å². The summed E-state index contributed by atoms with van der Waals surface area (Å²) in [5, 5.41) is 0. The number of piperazine rings is 1. The molecule has 0 bridgehead atoms. The van der Waals surface area contributed by atoms with Crippen molar-refractivity contribution in [3.8, 4) is 5.75 Å². The number of hydrogen-bond donors (Lipinski definition) is 0. The van der Waals surface area contributed by atoms with Crippen molar-refractivity contribution in [2.75, 3.05) is 51.8 Å². The number of hydrogen-bond acceptors (Lipinski definition) is 4. The lowest BCUT2D eigenvalue weighted by atomic mass is 9.80. The zero-order valence-electron chi connectivity index (χ0n) is 16.2. The summed E-state index contributed by atoms with van der Waals surface area (Å²) in [6, 6.07) is 6.10. The number of amides is 1. The van der Waals surface area contributed by atoms with Crippen LogP contribution in [0.3, 0.4) is 0 Å². The number of methoxy groups -OCH3 is 1. The second kappa shape index (κ2) is 6.96. The van der Waals surface area contributed by atoms with Crippen molar-refractivity contribution in [1.29, 1.82) is 0 Å². The third-order valence-electron chi connectivity index (χ3n) is 5.62. The number of carbonyl (C=O) groups is 1. The Morgan fingerprint density at radius 2 is 1.92 bits per heavy atom. The van der Waals surface area contributed by atoms with Crippen molar-refractivity contribution in [3.63, 3.8) is 0 Å². The fourth-order valence-corrected chi connectivity index (χ4v) is 4.27. The van der Waals surface area contributed by atoms with E-state index in [1.54, 1.807) is 7.11 Å². The van der Waals surface area contributed by atoms with Crippen LogP contribution in [0.15, 0.2) is 18.2 Å². The first kappa shape index (κ1) is 18.2. The van der Waals surface area contributed by atoms with Gasteiger partial charge in [0.05, 0.1) is 13.7 Å². The van der Waals surface area contributed by atoms with Crippen molar-refractivity contribution in [2.45, 2.75) is 38.6 Å². The molecule has 2 heterocycles. The summed E-state index contributed by atoms with van der Waals surface area (Å²) in [5.74, 6) is 1.47. The number of carbonyl (C=O) groups excluding carboxylic acids is 1. The minimum atomic E-state index is -0.176. The van der Waals surface area contributed by atoms with E-state index in [9.17, 15) is 4.79 Å². The fraction of sp³-hybridized carbons (Fsp3) is 0.650. The maximum atomic E-state index is 13.2. The predicted octanol–water partition coefficient (Wildman–Crippen LogP) is 2.56. The van der Waals surface area contributed by atoms with Gasteiger partial charge in [-0.3, -0.25) is 9.69 Å². The molecule has 0 aromatic heterocycles. The van der Waals surface area contributed by atoms with E-state index >= 15 is 0 Å². The molecular weight excluding hydrogens is 314 g/mol. The number of fused-ring (bicyclic) bond motifs is 1. The summed E-state index contributed by atoms with van der Waals surface area (Å²) in [5.41, 5.74) is 2.08. The third kappa shape index (κ3) is 3.67. The zero-order valence-corrected chi connectivity index (χ0v) is 16.2. The van der Waals surface area contributed by atoms with Crippen molar-refractivity contribution >= 4 is 11.6 Å². The number of anilines is 1. The highest BCUT2D eigenvalue weighted by Gasteiger charge is 2.40. The van der Waals surface area contributed by atoms with Crippen LogP contribution in [0.25, 0.3) is 0 Å². The molecule has 3 rings (SSSR count). The quantitative estimate of drug-likeness (QED) is 0.844. The van der Waals surface area contributed by atoms with Crippen LogP contribution in [-0.4, -0.2) is 68.1 Å². The highest BCUT2D eigenvalue weighted by molar-refractivity contribution is 5.97. The molecule has 2 aliphatic heterocycles. The van der Waals surface area contributed by atoms with Crippen LogP contribution in [0, 0.1) is 0 Å². The Balaban J connectivity index is 1.86. The molecule has 5 heteroatoms. The first-order valence-electron chi connectivity index (χ1n) is 9.24. The molecule has 0 saturated carbocycles. The van der Waals surface area contributed by atoms with Crippen LogP contribution in [-0.2, 0) is 4.79 Å². The minimum absolute atomic E-state index is 0.176. The van der Waals surface area contributed by atoms with E-state index < -0.39 is 0 Å². The number of nitrogens with zero attached hydrogens (tertiary/aromatic N) is 3. The van der Waals surface area contributed by atoms with Crippen molar-refractivity contribution < 1.29 is 9.53 Å². The molecule has 1 fully saturated rings. The van der Waals surface area contributed by atoms with E-state index in [2.05, 4.69) is 43.7 Å². The third-order valence-corrected chi connectivity index (χ3v) is 5.62. The molecule has 25 heavy (non-hydrogen) atoms. The lowest BCUT2D eigenvalue weighted by Gasteiger charge is -2.47. The van der Waals surface area contributed by atoms with Crippen molar-refractivity contribution in [2.24, 2.45) is 0 Å². The number of rotatable bonds is 3. The van der Waals surface area contributed by atoms with E-state index in [4.69, 9.17) is 4.74 Å². The molecule has 1 saturated heterocycles.